The van der Waals surface area contributed by atoms with Crippen molar-refractivity contribution in [1.29, 1.82) is 0 Å². The van der Waals surface area contributed by atoms with Crippen LogP contribution < -0.4 is 10.2 Å². The van der Waals surface area contributed by atoms with Crippen molar-refractivity contribution in [2.24, 2.45) is 5.92 Å². The number of anilines is 1. The Morgan fingerprint density at radius 2 is 1.79 bits per heavy atom. The van der Waals surface area contributed by atoms with Gasteiger partial charge in [-0.15, -0.1) is 0 Å². The lowest BCUT2D eigenvalue weighted by atomic mass is 9.95. The highest BCUT2D eigenvalue weighted by molar-refractivity contribution is 6.31. The third-order valence-electron chi connectivity index (χ3n) is 5.66. The van der Waals surface area contributed by atoms with Crippen LogP contribution in [0.25, 0.3) is 10.9 Å². The van der Waals surface area contributed by atoms with E-state index in [4.69, 9.17) is 21.6 Å². The predicted octanol–water partition coefficient (Wildman–Crippen LogP) is 4.69. The Labute approximate surface area is 176 Å². The summed E-state index contributed by atoms with van der Waals surface area (Å²) in [7, 11) is 0. The van der Waals surface area contributed by atoms with Gasteiger partial charge in [0.1, 0.15) is 0 Å². The second-order valence-electron chi connectivity index (χ2n) is 7.64. The van der Waals surface area contributed by atoms with E-state index in [0.29, 0.717) is 5.02 Å². The summed E-state index contributed by atoms with van der Waals surface area (Å²) < 4.78 is 0. The largest absolute Gasteiger partial charge is 0.349 e. The number of hydrogen-bond donors (Lipinski definition) is 1. The molecule has 0 spiro atoms. The number of rotatable bonds is 4. The molecule has 29 heavy (non-hydrogen) atoms. The number of benzene rings is 2. The normalized spacial score (nSPS) is 16.0. The van der Waals surface area contributed by atoms with Crippen molar-refractivity contribution in [3.63, 3.8) is 0 Å². The monoisotopic (exact) mass is 408 g/mol. The van der Waals surface area contributed by atoms with Gasteiger partial charge in [-0.05, 0) is 44.4 Å². The van der Waals surface area contributed by atoms with E-state index in [2.05, 4.69) is 10.2 Å². The average molecular weight is 409 g/mol. The zero-order valence-corrected chi connectivity index (χ0v) is 17.5. The number of hydrogen-bond acceptors (Lipinski definition) is 4. The molecule has 3 aromatic rings. The molecule has 0 aliphatic carbocycles. The molecule has 1 aliphatic rings. The van der Waals surface area contributed by atoms with E-state index < -0.39 is 0 Å². The number of aromatic nitrogens is 2. The molecule has 1 aromatic heterocycles. The highest BCUT2D eigenvalue weighted by Crippen LogP contribution is 2.26. The van der Waals surface area contributed by atoms with Gasteiger partial charge in [0, 0.05) is 29.4 Å². The van der Waals surface area contributed by atoms with E-state index >= 15 is 0 Å². The summed E-state index contributed by atoms with van der Waals surface area (Å²) in [4.78, 5) is 24.4. The molecule has 0 radical (unpaired) electrons. The fourth-order valence-corrected chi connectivity index (χ4v) is 4.24. The number of halogens is 1. The van der Waals surface area contributed by atoms with Gasteiger partial charge < -0.3 is 10.2 Å². The first-order valence-corrected chi connectivity index (χ1v) is 10.4. The zero-order valence-electron chi connectivity index (χ0n) is 16.7. The number of fused-ring (bicyclic) bond motifs is 1. The number of amides is 1. The number of carbonyl (C=O) groups is 1. The summed E-state index contributed by atoms with van der Waals surface area (Å²) >= 11 is 6.26. The number of nitrogens with zero attached hydrogens (tertiary/aromatic N) is 3. The van der Waals surface area contributed by atoms with Crippen LogP contribution in [0, 0.1) is 12.8 Å². The van der Waals surface area contributed by atoms with Crippen molar-refractivity contribution in [2.45, 2.75) is 32.7 Å². The summed E-state index contributed by atoms with van der Waals surface area (Å²) in [6.45, 7) is 5.54. The van der Waals surface area contributed by atoms with Gasteiger partial charge in [0.05, 0.1) is 17.3 Å². The Morgan fingerprint density at radius 1 is 1.10 bits per heavy atom. The van der Waals surface area contributed by atoms with Crippen molar-refractivity contribution in [3.05, 3.63) is 64.8 Å². The van der Waals surface area contributed by atoms with Gasteiger partial charge in [-0.2, -0.15) is 0 Å². The molecule has 1 fully saturated rings. The molecule has 6 heteroatoms. The third kappa shape index (κ3) is 4.20. The van der Waals surface area contributed by atoms with Gasteiger partial charge in [-0.3, -0.25) is 4.79 Å². The number of carbonyl (C=O) groups excluding carboxylic acids is 1. The Morgan fingerprint density at radius 3 is 2.55 bits per heavy atom. The lowest BCUT2D eigenvalue weighted by molar-refractivity contribution is -0.126. The van der Waals surface area contributed by atoms with E-state index in [1.165, 1.54) is 0 Å². The zero-order chi connectivity index (χ0) is 20.4. The van der Waals surface area contributed by atoms with Crippen molar-refractivity contribution >= 4 is 34.4 Å². The quantitative estimate of drug-likeness (QED) is 0.680. The van der Waals surface area contributed by atoms with E-state index in [1.807, 2.05) is 62.4 Å². The second-order valence-corrected chi connectivity index (χ2v) is 8.05. The van der Waals surface area contributed by atoms with Crippen LogP contribution in [-0.4, -0.2) is 29.0 Å². The highest BCUT2D eigenvalue weighted by Gasteiger charge is 2.27. The minimum Gasteiger partial charge on any atom is -0.349 e. The molecule has 1 saturated heterocycles. The lowest BCUT2D eigenvalue weighted by Crippen LogP contribution is -2.41. The molecular formula is C23H25ClN4O. The molecule has 1 N–H and O–H groups in total. The molecule has 4 rings (SSSR count). The van der Waals surface area contributed by atoms with E-state index in [1.54, 1.807) is 0 Å². The minimum atomic E-state index is -0.110. The molecule has 2 aromatic carbocycles. The van der Waals surface area contributed by atoms with Crippen LogP contribution in [0.2, 0.25) is 5.02 Å². The van der Waals surface area contributed by atoms with E-state index in [9.17, 15) is 4.79 Å². The van der Waals surface area contributed by atoms with Crippen LogP contribution in [0.3, 0.4) is 0 Å². The Hall–Kier alpha value is -2.66. The minimum absolute atomic E-state index is 0.00209. The molecule has 1 aliphatic heterocycles. The second kappa shape index (κ2) is 8.37. The summed E-state index contributed by atoms with van der Waals surface area (Å²) in [6.07, 6.45) is 1.58. The van der Waals surface area contributed by atoms with Crippen LogP contribution in [0.5, 0.6) is 0 Å². The number of aryl methyl sites for hydroxylation is 1. The summed E-state index contributed by atoms with van der Waals surface area (Å²) in [5.41, 5.74) is 2.89. The topological polar surface area (TPSA) is 58.1 Å². The van der Waals surface area contributed by atoms with Gasteiger partial charge in [0.15, 0.2) is 0 Å². The number of piperidine rings is 1. The first-order chi connectivity index (χ1) is 14.0. The summed E-state index contributed by atoms with van der Waals surface area (Å²) in [5.74, 6) is 0.843. The predicted molar refractivity (Wildman–Crippen MR) is 117 cm³/mol. The van der Waals surface area contributed by atoms with Gasteiger partial charge in [-0.25, -0.2) is 9.97 Å². The van der Waals surface area contributed by atoms with Gasteiger partial charge in [-0.1, -0.05) is 48.0 Å². The molecule has 150 valence electrons. The molecule has 1 atom stereocenters. The summed E-state index contributed by atoms with van der Waals surface area (Å²) in [5, 5.41) is 4.88. The molecule has 0 bridgehead atoms. The van der Waals surface area contributed by atoms with E-state index in [0.717, 1.165) is 54.0 Å². The van der Waals surface area contributed by atoms with Crippen LogP contribution in [0.4, 0.5) is 5.95 Å². The molecule has 1 unspecified atom stereocenters. The van der Waals surface area contributed by atoms with Gasteiger partial charge in [0.25, 0.3) is 0 Å². The first kappa shape index (κ1) is 19.6. The SMILES string of the molecule is Cc1nc(N2CCC(C(=O)NC(C)c3ccccc3Cl)CC2)nc2ccccc12. The standard InChI is InChI=1S/C23H25ClN4O/c1-15(18-7-3-5-9-20(18)24)25-22(29)17-11-13-28(14-12-17)23-26-16(2)19-8-4-6-10-21(19)27-23/h3-10,15,17H,11-14H2,1-2H3,(H,25,29). The molecule has 5 nitrogen and oxygen atoms in total. The van der Waals surface area contributed by atoms with Crippen LogP contribution in [-0.2, 0) is 4.79 Å². The average Bonchev–Trinajstić information content (AvgIpc) is 2.74. The third-order valence-corrected chi connectivity index (χ3v) is 6.01. The van der Waals surface area contributed by atoms with Crippen molar-refractivity contribution in [3.8, 4) is 0 Å². The fraction of sp³-hybridized carbons (Fsp3) is 0.348. The molecule has 2 heterocycles. The van der Waals surface area contributed by atoms with Crippen LogP contribution in [0.1, 0.15) is 37.1 Å². The van der Waals surface area contributed by atoms with Gasteiger partial charge in [0.2, 0.25) is 11.9 Å². The molecular weight excluding hydrogens is 384 g/mol. The highest BCUT2D eigenvalue weighted by atomic mass is 35.5. The fourth-order valence-electron chi connectivity index (χ4n) is 3.94. The summed E-state index contributed by atoms with van der Waals surface area (Å²) in [6, 6.07) is 15.6. The first-order valence-electron chi connectivity index (χ1n) is 10.1. The molecule has 0 saturated carbocycles. The Balaban J connectivity index is 1.39. The van der Waals surface area contributed by atoms with Crippen LogP contribution in [0.15, 0.2) is 48.5 Å². The Bertz CT molecular complexity index is 1030. The lowest BCUT2D eigenvalue weighted by Gasteiger charge is -2.32. The Kier molecular flexibility index (Phi) is 5.67. The smallest absolute Gasteiger partial charge is 0.226 e. The van der Waals surface area contributed by atoms with Crippen molar-refractivity contribution in [2.75, 3.05) is 18.0 Å². The molecule has 1 amide bonds. The van der Waals surface area contributed by atoms with Crippen molar-refractivity contribution in [1.82, 2.24) is 15.3 Å². The van der Waals surface area contributed by atoms with Crippen LogP contribution >= 0.6 is 11.6 Å². The maximum atomic E-state index is 12.8. The number of para-hydroxylation sites is 1. The maximum Gasteiger partial charge on any atom is 0.226 e. The number of nitrogens with one attached hydrogen (secondary N) is 1. The van der Waals surface area contributed by atoms with Gasteiger partial charge >= 0.3 is 0 Å². The van der Waals surface area contributed by atoms with Crippen molar-refractivity contribution < 1.29 is 4.79 Å². The maximum absolute atomic E-state index is 12.8. The van der Waals surface area contributed by atoms with E-state index in [-0.39, 0.29) is 17.9 Å².